The maximum absolute atomic E-state index is 14.4. The third-order valence-electron chi connectivity index (χ3n) is 4.05. The standard InChI is InChI=1S/C17H17FN6/c1-3-19-17-22-8-13-12(4-5-20-15(13)23-17)11-6-14(18)16-21-7-10(2)24(16)9-11/h4,6-9H,3,5H2,1-2H3,(H2,19,20,22,23). The van der Waals surface area contributed by atoms with Crippen molar-refractivity contribution in [1.29, 1.82) is 0 Å². The van der Waals surface area contributed by atoms with Crippen molar-refractivity contribution in [2.45, 2.75) is 13.8 Å². The molecule has 0 atom stereocenters. The van der Waals surface area contributed by atoms with Crippen LogP contribution in [0.3, 0.4) is 0 Å². The van der Waals surface area contributed by atoms with E-state index in [1.165, 1.54) is 6.07 Å². The molecule has 3 aromatic heterocycles. The first-order valence-corrected chi connectivity index (χ1v) is 7.86. The highest BCUT2D eigenvalue weighted by atomic mass is 19.1. The highest BCUT2D eigenvalue weighted by molar-refractivity contribution is 5.87. The summed E-state index contributed by atoms with van der Waals surface area (Å²) in [5, 5.41) is 6.33. The minimum absolute atomic E-state index is 0.338. The summed E-state index contributed by atoms with van der Waals surface area (Å²) in [6.45, 7) is 5.28. The molecule has 0 aromatic carbocycles. The van der Waals surface area contributed by atoms with E-state index in [0.717, 1.165) is 34.8 Å². The molecule has 2 N–H and O–H groups in total. The molecule has 24 heavy (non-hydrogen) atoms. The van der Waals surface area contributed by atoms with Crippen molar-refractivity contribution in [3.05, 3.63) is 53.4 Å². The van der Waals surface area contributed by atoms with Crippen LogP contribution in [0.15, 0.2) is 30.7 Å². The quantitative estimate of drug-likeness (QED) is 0.775. The van der Waals surface area contributed by atoms with E-state index in [0.29, 0.717) is 18.1 Å². The van der Waals surface area contributed by atoms with Crippen molar-refractivity contribution in [1.82, 2.24) is 19.4 Å². The molecule has 4 rings (SSSR count). The Hall–Kier alpha value is -2.96. The first-order valence-electron chi connectivity index (χ1n) is 7.86. The van der Waals surface area contributed by atoms with Gasteiger partial charge in [0.1, 0.15) is 5.82 Å². The third kappa shape index (κ3) is 2.29. The van der Waals surface area contributed by atoms with Crippen LogP contribution < -0.4 is 10.6 Å². The van der Waals surface area contributed by atoms with Gasteiger partial charge in [0, 0.05) is 48.5 Å². The van der Waals surface area contributed by atoms with E-state index >= 15 is 0 Å². The first kappa shape index (κ1) is 14.6. The molecular formula is C17H17FN6. The summed E-state index contributed by atoms with van der Waals surface area (Å²) in [4.78, 5) is 12.9. The Morgan fingerprint density at radius 1 is 1.33 bits per heavy atom. The van der Waals surface area contributed by atoms with Gasteiger partial charge >= 0.3 is 0 Å². The Labute approximate surface area is 138 Å². The second-order valence-corrected chi connectivity index (χ2v) is 5.65. The predicted octanol–water partition coefficient (Wildman–Crippen LogP) is 2.86. The summed E-state index contributed by atoms with van der Waals surface area (Å²) in [6.07, 6.45) is 7.35. The van der Waals surface area contributed by atoms with Crippen LogP contribution in [-0.2, 0) is 0 Å². The topological polar surface area (TPSA) is 67.1 Å². The Morgan fingerprint density at radius 2 is 2.21 bits per heavy atom. The molecule has 1 aliphatic rings. The molecule has 4 heterocycles. The molecule has 0 saturated carbocycles. The number of hydrogen-bond acceptors (Lipinski definition) is 5. The summed E-state index contributed by atoms with van der Waals surface area (Å²) >= 11 is 0. The Kier molecular flexibility index (Phi) is 3.41. The molecule has 3 aromatic rings. The zero-order valence-electron chi connectivity index (χ0n) is 13.5. The molecule has 0 aliphatic carbocycles. The lowest BCUT2D eigenvalue weighted by molar-refractivity contribution is 0.629. The molecular weight excluding hydrogens is 307 g/mol. The second kappa shape index (κ2) is 5.59. The van der Waals surface area contributed by atoms with E-state index in [4.69, 9.17) is 0 Å². The molecule has 7 heteroatoms. The maximum Gasteiger partial charge on any atom is 0.224 e. The number of pyridine rings is 1. The fourth-order valence-corrected chi connectivity index (χ4v) is 2.90. The molecule has 0 spiro atoms. The van der Waals surface area contributed by atoms with Gasteiger partial charge in [-0.15, -0.1) is 0 Å². The molecule has 1 aliphatic heterocycles. The molecule has 0 radical (unpaired) electrons. The van der Waals surface area contributed by atoms with Gasteiger partial charge in [0.25, 0.3) is 0 Å². The zero-order valence-corrected chi connectivity index (χ0v) is 13.5. The molecule has 0 fully saturated rings. The van der Waals surface area contributed by atoms with Gasteiger partial charge < -0.3 is 15.0 Å². The van der Waals surface area contributed by atoms with Crippen LogP contribution in [0.25, 0.3) is 11.2 Å². The summed E-state index contributed by atoms with van der Waals surface area (Å²) in [7, 11) is 0. The van der Waals surface area contributed by atoms with Gasteiger partial charge in [-0.05, 0) is 25.5 Å². The monoisotopic (exact) mass is 324 g/mol. The number of rotatable bonds is 3. The van der Waals surface area contributed by atoms with Gasteiger partial charge in [-0.25, -0.2) is 14.4 Å². The van der Waals surface area contributed by atoms with Crippen molar-refractivity contribution in [3.63, 3.8) is 0 Å². The zero-order chi connectivity index (χ0) is 16.7. The van der Waals surface area contributed by atoms with Gasteiger partial charge in [-0.1, -0.05) is 6.08 Å². The highest BCUT2D eigenvalue weighted by Crippen LogP contribution is 2.32. The Bertz CT molecular complexity index is 959. The van der Waals surface area contributed by atoms with E-state index < -0.39 is 0 Å². The van der Waals surface area contributed by atoms with Crippen LogP contribution >= 0.6 is 0 Å². The first-order chi connectivity index (χ1) is 11.7. The summed E-state index contributed by atoms with van der Waals surface area (Å²) < 4.78 is 16.2. The van der Waals surface area contributed by atoms with Crippen LogP contribution in [0.1, 0.15) is 23.7 Å². The number of hydrogen-bond donors (Lipinski definition) is 2. The fourth-order valence-electron chi connectivity index (χ4n) is 2.90. The average molecular weight is 324 g/mol. The van der Waals surface area contributed by atoms with Gasteiger partial charge in [0.2, 0.25) is 5.95 Å². The number of imidazole rings is 1. The molecule has 0 bridgehead atoms. The van der Waals surface area contributed by atoms with Crippen LogP contribution in [0.5, 0.6) is 0 Å². The number of halogens is 1. The largest absolute Gasteiger partial charge is 0.366 e. The summed E-state index contributed by atoms with van der Waals surface area (Å²) in [5.41, 5.74) is 3.78. The lowest BCUT2D eigenvalue weighted by Gasteiger charge is -2.19. The van der Waals surface area contributed by atoms with Crippen LogP contribution in [0.2, 0.25) is 0 Å². The minimum atomic E-state index is -0.341. The van der Waals surface area contributed by atoms with E-state index in [9.17, 15) is 4.39 Å². The van der Waals surface area contributed by atoms with Gasteiger partial charge in [-0.3, -0.25) is 0 Å². The number of aromatic nitrogens is 4. The molecule has 0 saturated heterocycles. The van der Waals surface area contributed by atoms with Gasteiger partial charge in [-0.2, -0.15) is 4.98 Å². The van der Waals surface area contributed by atoms with E-state index in [1.54, 1.807) is 16.8 Å². The fraction of sp³-hybridized carbons (Fsp3) is 0.235. The summed E-state index contributed by atoms with van der Waals surface area (Å²) in [6, 6.07) is 1.51. The maximum atomic E-state index is 14.4. The Morgan fingerprint density at radius 3 is 3.04 bits per heavy atom. The van der Waals surface area contributed by atoms with Crippen molar-refractivity contribution >= 4 is 23.0 Å². The van der Waals surface area contributed by atoms with Gasteiger partial charge in [0.15, 0.2) is 11.5 Å². The normalized spacial score (nSPS) is 13.4. The van der Waals surface area contributed by atoms with Gasteiger partial charge in [0.05, 0.1) is 0 Å². The highest BCUT2D eigenvalue weighted by Gasteiger charge is 2.18. The smallest absolute Gasteiger partial charge is 0.224 e. The second-order valence-electron chi connectivity index (χ2n) is 5.65. The minimum Gasteiger partial charge on any atom is -0.366 e. The van der Waals surface area contributed by atoms with E-state index in [2.05, 4.69) is 25.6 Å². The molecule has 122 valence electrons. The Balaban J connectivity index is 1.83. The SMILES string of the molecule is CCNc1ncc2c(n1)NCC=C2c1cc(F)c2ncc(C)n2c1. The van der Waals surface area contributed by atoms with Crippen molar-refractivity contribution < 1.29 is 4.39 Å². The van der Waals surface area contributed by atoms with Crippen molar-refractivity contribution in [2.24, 2.45) is 0 Å². The number of anilines is 2. The van der Waals surface area contributed by atoms with Crippen LogP contribution in [0, 0.1) is 12.7 Å². The third-order valence-corrected chi connectivity index (χ3v) is 4.05. The van der Waals surface area contributed by atoms with Crippen LogP contribution in [0.4, 0.5) is 16.2 Å². The molecule has 0 amide bonds. The van der Waals surface area contributed by atoms with E-state index in [1.807, 2.05) is 26.1 Å². The number of fused-ring (bicyclic) bond motifs is 2. The van der Waals surface area contributed by atoms with Crippen molar-refractivity contribution in [3.8, 4) is 0 Å². The molecule has 6 nitrogen and oxygen atoms in total. The number of nitrogens with zero attached hydrogens (tertiary/aromatic N) is 4. The van der Waals surface area contributed by atoms with Crippen LogP contribution in [-0.4, -0.2) is 32.4 Å². The predicted molar refractivity (Wildman–Crippen MR) is 91.7 cm³/mol. The average Bonchev–Trinajstić information content (AvgIpc) is 2.96. The number of aryl methyl sites for hydroxylation is 1. The lowest BCUT2D eigenvalue weighted by Crippen LogP contribution is -2.13. The van der Waals surface area contributed by atoms with Crippen molar-refractivity contribution in [2.75, 3.05) is 23.7 Å². The summed E-state index contributed by atoms with van der Waals surface area (Å²) in [5.74, 6) is 0.991. The van der Waals surface area contributed by atoms with E-state index in [-0.39, 0.29) is 5.82 Å². The number of nitrogens with one attached hydrogen (secondary N) is 2. The lowest BCUT2D eigenvalue weighted by atomic mass is 9.98. The molecule has 0 unspecified atom stereocenters.